The summed E-state index contributed by atoms with van der Waals surface area (Å²) in [5, 5.41) is 1.77. The summed E-state index contributed by atoms with van der Waals surface area (Å²) >= 11 is 5.76. The molecule has 0 radical (unpaired) electrons. The molecule has 29 heavy (non-hydrogen) atoms. The third-order valence-corrected chi connectivity index (χ3v) is 8.08. The third-order valence-electron chi connectivity index (χ3n) is 4.28. The molecule has 0 fully saturated rings. The first kappa shape index (κ1) is 22.1. The summed E-state index contributed by atoms with van der Waals surface area (Å²) in [6.07, 6.45) is 2.07. The van der Waals surface area contributed by atoms with Gasteiger partial charge in [-0.2, -0.15) is 0 Å². The molecule has 4 heteroatoms. The molecular weight excluding hydrogens is 410 g/mol. The van der Waals surface area contributed by atoms with Gasteiger partial charge in [0.1, 0.15) is 0 Å². The van der Waals surface area contributed by atoms with Crippen LogP contribution in [-0.2, 0) is 0 Å². The second kappa shape index (κ2) is 12.2. The molecule has 0 heterocycles. The lowest BCUT2D eigenvalue weighted by Crippen LogP contribution is -2.08. The van der Waals surface area contributed by atoms with Crippen molar-refractivity contribution in [3.8, 4) is 0 Å². The highest BCUT2D eigenvalue weighted by Gasteiger charge is 2.18. The van der Waals surface area contributed by atoms with E-state index in [-0.39, 0.29) is 0 Å². The Morgan fingerprint density at radius 2 is 1.24 bits per heavy atom. The lowest BCUT2D eigenvalue weighted by atomic mass is 10.3. The average Bonchev–Trinajstić information content (AvgIpc) is 2.75. The number of hydrogen-bond donors (Lipinski definition) is 0. The summed E-state index contributed by atoms with van der Waals surface area (Å²) in [6.45, 7) is 4.53. The molecule has 3 aromatic carbocycles. The Bertz CT molecular complexity index is 825. The van der Waals surface area contributed by atoms with Gasteiger partial charge < -0.3 is 0 Å². The van der Waals surface area contributed by atoms with Crippen LogP contribution in [0.15, 0.2) is 106 Å². The lowest BCUT2D eigenvalue weighted by molar-refractivity contribution is 0.910. The molecule has 3 aromatic rings. The van der Waals surface area contributed by atoms with Crippen molar-refractivity contribution in [3.05, 3.63) is 91.0 Å². The van der Waals surface area contributed by atoms with Crippen molar-refractivity contribution >= 4 is 46.0 Å². The first-order valence-corrected chi connectivity index (χ1v) is 12.6. The van der Waals surface area contributed by atoms with Gasteiger partial charge in [-0.3, -0.25) is 0 Å². The zero-order chi connectivity index (χ0) is 20.3. The van der Waals surface area contributed by atoms with E-state index in [9.17, 15) is 0 Å². The summed E-state index contributed by atoms with van der Waals surface area (Å²) in [7, 11) is 0. The van der Waals surface area contributed by atoms with E-state index < -0.39 is 0 Å². The fourth-order valence-electron chi connectivity index (χ4n) is 2.63. The van der Waals surface area contributed by atoms with Crippen molar-refractivity contribution in [2.75, 3.05) is 0 Å². The topological polar surface area (TPSA) is 12.4 Å². The Morgan fingerprint density at radius 3 is 1.72 bits per heavy atom. The molecule has 1 unspecified atom stereocenters. The minimum absolute atomic E-state index is 0.360. The average molecular weight is 438 g/mol. The van der Waals surface area contributed by atoms with Gasteiger partial charge in [0.2, 0.25) is 0 Å². The molecule has 150 valence electrons. The molecule has 0 saturated heterocycles. The maximum Gasteiger partial charge on any atom is 0.0761 e. The zero-order valence-corrected chi connectivity index (χ0v) is 19.4. The van der Waals surface area contributed by atoms with E-state index in [1.165, 1.54) is 14.8 Å². The minimum Gasteiger partial charge on any atom is -0.247 e. The Balaban J connectivity index is 1.83. The zero-order valence-electron chi connectivity index (χ0n) is 16.9. The fraction of sp³-hybridized carbons (Fsp3) is 0.240. The summed E-state index contributed by atoms with van der Waals surface area (Å²) < 4.78 is 0.360. The number of rotatable bonds is 9. The van der Waals surface area contributed by atoms with Crippen LogP contribution in [0.5, 0.6) is 0 Å². The van der Waals surface area contributed by atoms with E-state index in [1.54, 1.807) is 0 Å². The van der Waals surface area contributed by atoms with Crippen LogP contribution in [0.25, 0.3) is 0 Å². The smallest absolute Gasteiger partial charge is 0.0761 e. The molecular formula is C25H27NS3. The van der Waals surface area contributed by atoms with Crippen LogP contribution in [0, 0.1) is 0 Å². The number of thioether (sulfide) groups is 3. The molecule has 0 aliphatic rings. The Kier molecular flexibility index (Phi) is 9.26. The second-order valence-corrected chi connectivity index (χ2v) is 11.0. The molecule has 0 spiro atoms. The summed E-state index contributed by atoms with van der Waals surface area (Å²) in [6, 6.07) is 31.7. The van der Waals surface area contributed by atoms with Crippen molar-refractivity contribution in [2.24, 2.45) is 4.99 Å². The predicted octanol–water partition coefficient (Wildman–Crippen LogP) is 8.55. The lowest BCUT2D eigenvalue weighted by Gasteiger charge is -2.19. The van der Waals surface area contributed by atoms with E-state index >= 15 is 0 Å². The highest BCUT2D eigenvalue weighted by Crippen LogP contribution is 2.39. The number of para-hydroxylation sites is 1. The SMILES string of the molecule is CCC(C)SC(CC(Sc1ccccc1)Sc1ccccc1)=Nc1ccccc1. The monoisotopic (exact) mass is 437 g/mol. The molecule has 0 aromatic heterocycles. The van der Waals surface area contributed by atoms with Gasteiger partial charge in [-0.1, -0.05) is 68.4 Å². The Labute approximate surface area is 187 Å². The second-order valence-electron chi connectivity index (χ2n) is 6.67. The molecule has 1 nitrogen and oxygen atoms in total. The third kappa shape index (κ3) is 7.96. The van der Waals surface area contributed by atoms with Gasteiger partial charge in [-0.25, -0.2) is 4.99 Å². The largest absolute Gasteiger partial charge is 0.247 e. The van der Waals surface area contributed by atoms with E-state index in [4.69, 9.17) is 4.99 Å². The van der Waals surface area contributed by atoms with E-state index in [1.807, 2.05) is 41.4 Å². The van der Waals surface area contributed by atoms with Crippen molar-refractivity contribution in [2.45, 2.75) is 46.3 Å². The minimum atomic E-state index is 0.360. The van der Waals surface area contributed by atoms with Gasteiger partial charge in [0.05, 0.1) is 15.3 Å². The first-order valence-electron chi connectivity index (χ1n) is 9.95. The van der Waals surface area contributed by atoms with Gasteiger partial charge >= 0.3 is 0 Å². The molecule has 1 atom stereocenters. The summed E-state index contributed by atoms with van der Waals surface area (Å²) in [5.41, 5.74) is 1.03. The quantitative estimate of drug-likeness (QED) is 0.144. The van der Waals surface area contributed by atoms with Crippen LogP contribution < -0.4 is 0 Å². The number of nitrogens with zero attached hydrogens (tertiary/aromatic N) is 1. The van der Waals surface area contributed by atoms with Crippen LogP contribution in [0.3, 0.4) is 0 Å². The van der Waals surface area contributed by atoms with E-state index in [0.29, 0.717) is 9.83 Å². The summed E-state index contributed by atoms with van der Waals surface area (Å²) in [4.78, 5) is 7.62. The van der Waals surface area contributed by atoms with Crippen LogP contribution in [0.2, 0.25) is 0 Å². The van der Waals surface area contributed by atoms with Crippen molar-refractivity contribution in [1.82, 2.24) is 0 Å². The Hall–Kier alpha value is -1.62. The molecule has 0 bridgehead atoms. The standard InChI is InChI=1S/C25H27NS3/c1-3-20(2)27-24(26-21-13-7-4-8-14-21)19-25(28-22-15-9-5-10-16-22)29-23-17-11-6-12-18-23/h4-18,20,25H,3,19H2,1-2H3. The van der Waals surface area contributed by atoms with Crippen LogP contribution in [0.1, 0.15) is 26.7 Å². The number of hydrogen-bond acceptors (Lipinski definition) is 4. The predicted molar refractivity (Wildman–Crippen MR) is 134 cm³/mol. The molecule has 0 amide bonds. The maximum absolute atomic E-state index is 5.02. The normalized spacial score (nSPS) is 12.9. The molecule has 0 aliphatic carbocycles. The molecule has 0 N–H and O–H groups in total. The fourth-order valence-corrected chi connectivity index (χ4v) is 6.47. The van der Waals surface area contributed by atoms with Crippen molar-refractivity contribution < 1.29 is 0 Å². The first-order chi connectivity index (χ1) is 14.2. The van der Waals surface area contributed by atoms with Crippen molar-refractivity contribution in [1.29, 1.82) is 0 Å². The van der Waals surface area contributed by atoms with Crippen LogP contribution in [0.4, 0.5) is 5.69 Å². The van der Waals surface area contributed by atoms with Crippen LogP contribution >= 0.6 is 35.3 Å². The van der Waals surface area contributed by atoms with Gasteiger partial charge in [0.15, 0.2) is 0 Å². The molecule has 0 aliphatic heterocycles. The highest BCUT2D eigenvalue weighted by molar-refractivity contribution is 8.18. The van der Waals surface area contributed by atoms with Crippen LogP contribution in [-0.4, -0.2) is 14.9 Å². The van der Waals surface area contributed by atoms with E-state index in [0.717, 1.165) is 18.5 Å². The highest BCUT2D eigenvalue weighted by atomic mass is 32.2. The summed E-state index contributed by atoms with van der Waals surface area (Å²) in [5.74, 6) is 0. The van der Waals surface area contributed by atoms with Crippen molar-refractivity contribution in [3.63, 3.8) is 0 Å². The van der Waals surface area contributed by atoms with Gasteiger partial charge in [-0.15, -0.1) is 35.3 Å². The molecule has 0 saturated carbocycles. The van der Waals surface area contributed by atoms with Gasteiger partial charge in [0.25, 0.3) is 0 Å². The molecule has 3 rings (SSSR count). The maximum atomic E-state index is 5.02. The van der Waals surface area contributed by atoms with E-state index in [2.05, 4.69) is 98.8 Å². The number of benzene rings is 3. The van der Waals surface area contributed by atoms with Gasteiger partial charge in [-0.05, 0) is 42.8 Å². The Morgan fingerprint density at radius 1 is 0.759 bits per heavy atom. The number of aliphatic imine (C=N–C) groups is 1. The van der Waals surface area contributed by atoms with Gasteiger partial charge in [0, 0.05) is 21.5 Å².